The summed E-state index contributed by atoms with van der Waals surface area (Å²) in [7, 11) is 4.98. The summed E-state index contributed by atoms with van der Waals surface area (Å²) in [6.07, 6.45) is 0. The molecule has 1 amide bonds. The van der Waals surface area contributed by atoms with Gasteiger partial charge in [0, 0.05) is 23.3 Å². The molecule has 6 aromatic rings. The van der Waals surface area contributed by atoms with Crippen LogP contribution in [0.2, 0.25) is 0 Å². The second kappa shape index (κ2) is 8.75. The smallest absolute Gasteiger partial charge is 0.296 e. The average molecular weight is 512 g/mol. The van der Waals surface area contributed by atoms with E-state index in [1.807, 2.05) is 49.5 Å². The highest BCUT2D eigenvalue weighted by Crippen LogP contribution is 2.31. The van der Waals surface area contributed by atoms with Gasteiger partial charge in [-0.05, 0) is 48.5 Å². The first-order chi connectivity index (χ1) is 18.0. The Labute approximate surface area is 214 Å². The first-order valence-corrected chi connectivity index (χ1v) is 12.2. The quantitative estimate of drug-likeness (QED) is 0.358. The van der Waals surface area contributed by atoms with E-state index in [0.29, 0.717) is 33.2 Å². The second-order valence-corrected chi connectivity index (χ2v) is 9.40. The van der Waals surface area contributed by atoms with Crippen LogP contribution in [-0.2, 0) is 7.05 Å². The van der Waals surface area contributed by atoms with E-state index in [4.69, 9.17) is 9.47 Å². The van der Waals surface area contributed by atoms with Gasteiger partial charge in [-0.25, -0.2) is 4.98 Å². The van der Waals surface area contributed by atoms with Crippen LogP contribution < -0.4 is 20.3 Å². The lowest BCUT2D eigenvalue weighted by atomic mass is 10.1. The molecule has 0 unspecified atom stereocenters. The zero-order chi connectivity index (χ0) is 25.7. The summed E-state index contributed by atoms with van der Waals surface area (Å²) in [5.74, 6) is 0.891. The molecule has 3 aromatic heterocycles. The number of fused-ring (bicyclic) bond motifs is 4. The summed E-state index contributed by atoms with van der Waals surface area (Å²) in [5.41, 5.74) is 2.25. The van der Waals surface area contributed by atoms with E-state index in [2.05, 4.69) is 15.4 Å². The Morgan fingerprint density at radius 1 is 0.973 bits per heavy atom. The Morgan fingerprint density at radius 2 is 1.70 bits per heavy atom. The maximum atomic E-state index is 13.7. The molecular formula is C27H21N5O4S. The summed E-state index contributed by atoms with van der Waals surface area (Å²) in [5, 5.41) is 9.13. The van der Waals surface area contributed by atoms with Crippen LogP contribution in [0.4, 0.5) is 5.13 Å². The van der Waals surface area contributed by atoms with E-state index in [1.165, 1.54) is 16.0 Å². The van der Waals surface area contributed by atoms with Crippen molar-refractivity contribution in [2.45, 2.75) is 0 Å². The average Bonchev–Trinajstić information content (AvgIpc) is 3.47. The molecule has 0 spiro atoms. The van der Waals surface area contributed by atoms with Gasteiger partial charge in [0.1, 0.15) is 17.0 Å². The molecule has 0 fully saturated rings. The Hall–Kier alpha value is -4.70. The maximum Gasteiger partial charge on any atom is 0.296 e. The van der Waals surface area contributed by atoms with Crippen molar-refractivity contribution in [3.8, 4) is 17.2 Å². The molecule has 9 nitrogen and oxygen atoms in total. The van der Waals surface area contributed by atoms with E-state index in [1.54, 1.807) is 43.1 Å². The molecule has 0 aliphatic carbocycles. The fraction of sp³-hybridized carbons (Fsp3) is 0.111. The number of carbonyl (C=O) groups is 1. The van der Waals surface area contributed by atoms with Crippen molar-refractivity contribution in [3.63, 3.8) is 0 Å². The molecule has 184 valence electrons. The van der Waals surface area contributed by atoms with Crippen LogP contribution in [0.1, 0.15) is 10.5 Å². The van der Waals surface area contributed by atoms with Crippen molar-refractivity contribution in [1.82, 2.24) is 19.3 Å². The maximum absolute atomic E-state index is 13.7. The fourth-order valence-corrected chi connectivity index (χ4v) is 5.37. The lowest BCUT2D eigenvalue weighted by Crippen LogP contribution is -2.27. The zero-order valence-corrected chi connectivity index (χ0v) is 21.0. The number of ether oxygens (including phenoxy) is 2. The largest absolute Gasteiger partial charge is 0.497 e. The molecule has 3 heterocycles. The first-order valence-electron chi connectivity index (χ1n) is 11.4. The molecular weight excluding hydrogens is 490 g/mol. The summed E-state index contributed by atoms with van der Waals surface area (Å²) in [4.78, 5) is 31.9. The van der Waals surface area contributed by atoms with Crippen molar-refractivity contribution >= 4 is 54.4 Å². The van der Waals surface area contributed by atoms with Gasteiger partial charge in [0.25, 0.3) is 11.5 Å². The third-order valence-corrected chi connectivity index (χ3v) is 7.22. The standard InChI is InChI=1S/C27H21N5O4S/c1-31-20-7-5-4-6-18(20)22-23(25(33)29-27-28-19-13-12-17(36-3)14-21(19)37-27)30-32(26(34)24(22)31)15-8-10-16(35-2)11-9-15/h4-14H,1-3H3,(H,28,29,33). The number of carbonyl (C=O) groups excluding carboxylic acids is 1. The van der Waals surface area contributed by atoms with Gasteiger partial charge >= 0.3 is 0 Å². The molecule has 37 heavy (non-hydrogen) atoms. The summed E-state index contributed by atoms with van der Waals surface area (Å²) < 4.78 is 14.5. The summed E-state index contributed by atoms with van der Waals surface area (Å²) in [6.45, 7) is 0. The van der Waals surface area contributed by atoms with E-state index in [9.17, 15) is 9.59 Å². The number of aryl methyl sites for hydroxylation is 1. The van der Waals surface area contributed by atoms with Crippen LogP contribution in [-0.4, -0.2) is 39.5 Å². The number of nitrogens with one attached hydrogen (secondary N) is 1. The molecule has 0 atom stereocenters. The number of methoxy groups -OCH3 is 2. The Kier molecular flexibility index (Phi) is 5.38. The third-order valence-electron chi connectivity index (χ3n) is 6.29. The highest BCUT2D eigenvalue weighted by atomic mass is 32.1. The van der Waals surface area contributed by atoms with Crippen LogP contribution in [0, 0.1) is 0 Å². The monoisotopic (exact) mass is 511 g/mol. The number of thiazole rings is 1. The SMILES string of the molecule is COc1ccc(-n2nc(C(=O)Nc3nc4ccc(OC)cc4s3)c3c4ccccc4n(C)c3c2=O)cc1. The van der Waals surface area contributed by atoms with Crippen LogP contribution in [0.3, 0.4) is 0 Å². The predicted molar refractivity (Wildman–Crippen MR) is 144 cm³/mol. The molecule has 0 aliphatic rings. The van der Waals surface area contributed by atoms with Gasteiger partial charge in [0.15, 0.2) is 10.8 Å². The molecule has 0 aliphatic heterocycles. The number of nitrogens with zero attached hydrogens (tertiary/aromatic N) is 4. The zero-order valence-electron chi connectivity index (χ0n) is 20.2. The molecule has 0 radical (unpaired) electrons. The number of para-hydroxylation sites is 1. The minimum atomic E-state index is -0.463. The van der Waals surface area contributed by atoms with Crippen LogP contribution in [0.5, 0.6) is 11.5 Å². The molecule has 0 saturated heterocycles. The number of hydrogen-bond acceptors (Lipinski definition) is 7. The van der Waals surface area contributed by atoms with Crippen LogP contribution in [0.15, 0.2) is 71.5 Å². The first kappa shape index (κ1) is 22.7. The summed E-state index contributed by atoms with van der Waals surface area (Å²) in [6, 6.07) is 20.0. The molecule has 0 bridgehead atoms. The number of anilines is 1. The molecule has 3 aromatic carbocycles. The second-order valence-electron chi connectivity index (χ2n) is 8.37. The van der Waals surface area contributed by atoms with E-state index in [-0.39, 0.29) is 11.3 Å². The van der Waals surface area contributed by atoms with E-state index in [0.717, 1.165) is 21.1 Å². The highest BCUT2D eigenvalue weighted by Gasteiger charge is 2.24. The number of aromatic nitrogens is 4. The normalized spacial score (nSPS) is 11.3. The minimum Gasteiger partial charge on any atom is -0.497 e. The van der Waals surface area contributed by atoms with Crippen LogP contribution in [0.25, 0.3) is 37.7 Å². The minimum absolute atomic E-state index is 0.124. The van der Waals surface area contributed by atoms with Crippen LogP contribution >= 0.6 is 11.3 Å². The number of rotatable bonds is 5. The van der Waals surface area contributed by atoms with Crippen molar-refractivity contribution in [1.29, 1.82) is 0 Å². The van der Waals surface area contributed by atoms with E-state index >= 15 is 0 Å². The molecule has 6 rings (SSSR count). The topological polar surface area (TPSA) is 100 Å². The Bertz CT molecular complexity index is 1890. The molecule has 10 heteroatoms. The van der Waals surface area contributed by atoms with Crippen molar-refractivity contribution in [3.05, 3.63) is 82.8 Å². The Morgan fingerprint density at radius 3 is 2.46 bits per heavy atom. The van der Waals surface area contributed by atoms with Gasteiger partial charge in [0.05, 0.1) is 30.1 Å². The number of benzene rings is 3. The molecule has 0 saturated carbocycles. The van der Waals surface area contributed by atoms with Gasteiger partial charge in [0.2, 0.25) is 0 Å². The van der Waals surface area contributed by atoms with Gasteiger partial charge in [-0.2, -0.15) is 9.78 Å². The summed E-state index contributed by atoms with van der Waals surface area (Å²) >= 11 is 1.33. The third kappa shape index (κ3) is 3.69. The number of hydrogen-bond donors (Lipinski definition) is 1. The van der Waals surface area contributed by atoms with Gasteiger partial charge in [-0.15, -0.1) is 0 Å². The van der Waals surface area contributed by atoms with Gasteiger partial charge < -0.3 is 14.0 Å². The number of amides is 1. The molecule has 1 N–H and O–H groups in total. The lowest BCUT2D eigenvalue weighted by molar-refractivity contribution is 0.102. The van der Waals surface area contributed by atoms with E-state index < -0.39 is 5.91 Å². The van der Waals surface area contributed by atoms with Crippen molar-refractivity contribution < 1.29 is 14.3 Å². The fourth-order valence-electron chi connectivity index (χ4n) is 4.48. The predicted octanol–water partition coefficient (Wildman–Crippen LogP) is 4.76. The van der Waals surface area contributed by atoms with Crippen molar-refractivity contribution in [2.75, 3.05) is 19.5 Å². The highest BCUT2D eigenvalue weighted by molar-refractivity contribution is 7.22. The van der Waals surface area contributed by atoms with Crippen molar-refractivity contribution in [2.24, 2.45) is 7.05 Å². The Balaban J connectivity index is 1.54. The van der Waals surface area contributed by atoms with Gasteiger partial charge in [-0.3, -0.25) is 14.9 Å². The van der Waals surface area contributed by atoms with Gasteiger partial charge in [-0.1, -0.05) is 29.5 Å². The lowest BCUT2D eigenvalue weighted by Gasteiger charge is -2.10.